The van der Waals surface area contributed by atoms with E-state index in [1.54, 1.807) is 49.4 Å². The number of rotatable bonds is 4. The number of carboxylic acids is 1. The van der Waals surface area contributed by atoms with Gasteiger partial charge in [0.1, 0.15) is 11.5 Å². The monoisotopic (exact) mass is 406 g/mol. The van der Waals surface area contributed by atoms with Crippen LogP contribution in [0.4, 0.5) is 5.69 Å². The number of hydrazone groups is 1. The molecule has 0 atom stereocenters. The third-order valence-corrected chi connectivity index (χ3v) is 4.66. The molecule has 29 heavy (non-hydrogen) atoms. The minimum Gasteiger partial charge on any atom is -0.478 e. The van der Waals surface area contributed by atoms with Crippen molar-refractivity contribution >= 4 is 41.0 Å². The zero-order valence-electron chi connectivity index (χ0n) is 15.3. The number of hydrogen-bond acceptors (Lipinski definition) is 4. The van der Waals surface area contributed by atoms with Gasteiger partial charge in [-0.1, -0.05) is 29.8 Å². The smallest absolute Gasteiger partial charge is 0.335 e. The lowest BCUT2D eigenvalue weighted by Crippen LogP contribution is -2.21. The Morgan fingerprint density at radius 3 is 2.69 bits per heavy atom. The lowest BCUT2D eigenvalue weighted by atomic mass is 10.1. The molecule has 2 heterocycles. The highest BCUT2D eigenvalue weighted by molar-refractivity contribution is 6.32. The van der Waals surface area contributed by atoms with Crippen molar-refractivity contribution in [1.29, 1.82) is 0 Å². The Morgan fingerprint density at radius 2 is 1.93 bits per heavy atom. The highest BCUT2D eigenvalue weighted by Crippen LogP contribution is 2.29. The summed E-state index contributed by atoms with van der Waals surface area (Å²) < 4.78 is 5.84. The van der Waals surface area contributed by atoms with Crippen molar-refractivity contribution in [1.82, 2.24) is 0 Å². The average Bonchev–Trinajstić information content (AvgIpc) is 3.28. The number of anilines is 1. The van der Waals surface area contributed by atoms with Crippen molar-refractivity contribution in [3.05, 3.63) is 82.6 Å². The van der Waals surface area contributed by atoms with Gasteiger partial charge < -0.3 is 9.52 Å². The highest BCUT2D eigenvalue weighted by atomic mass is 35.5. The van der Waals surface area contributed by atoms with Crippen LogP contribution in [0, 0.1) is 0 Å². The maximum atomic E-state index is 12.9. The summed E-state index contributed by atoms with van der Waals surface area (Å²) in [7, 11) is 0. The summed E-state index contributed by atoms with van der Waals surface area (Å²) >= 11 is 6.03. The van der Waals surface area contributed by atoms with Crippen LogP contribution >= 0.6 is 11.6 Å². The molecular formula is C22H15ClN2O4. The number of furan rings is 1. The summed E-state index contributed by atoms with van der Waals surface area (Å²) in [5.41, 5.74) is 2.18. The van der Waals surface area contributed by atoms with Crippen molar-refractivity contribution < 1.29 is 19.1 Å². The van der Waals surface area contributed by atoms with Gasteiger partial charge in [0.15, 0.2) is 0 Å². The first-order valence-electron chi connectivity index (χ1n) is 8.73. The van der Waals surface area contributed by atoms with Crippen LogP contribution in [-0.4, -0.2) is 22.7 Å². The molecule has 4 rings (SSSR count). The first-order chi connectivity index (χ1) is 13.9. The molecule has 0 fully saturated rings. The van der Waals surface area contributed by atoms with Crippen molar-refractivity contribution in [2.75, 3.05) is 5.01 Å². The topological polar surface area (TPSA) is 83.1 Å². The summed E-state index contributed by atoms with van der Waals surface area (Å²) in [5.74, 6) is -0.297. The molecule has 0 saturated heterocycles. The first-order valence-corrected chi connectivity index (χ1v) is 9.11. The number of carbonyl (C=O) groups is 2. The van der Waals surface area contributed by atoms with Crippen molar-refractivity contribution in [3.8, 4) is 11.3 Å². The van der Waals surface area contributed by atoms with Gasteiger partial charge in [0.2, 0.25) is 0 Å². The number of aromatic carboxylic acids is 1. The Morgan fingerprint density at radius 1 is 1.14 bits per heavy atom. The number of carboxylic acid groups (broad SMARTS) is 1. The van der Waals surface area contributed by atoms with Gasteiger partial charge in [-0.2, -0.15) is 10.1 Å². The number of benzene rings is 2. The third kappa shape index (κ3) is 3.70. The summed E-state index contributed by atoms with van der Waals surface area (Å²) in [6.45, 7) is 1.71. The SMILES string of the molecule is CC1=NN(c2cccc(C(=O)O)c2)C(=O)/C1=C/c1ccc(-c2cccc(Cl)c2)o1. The molecule has 0 bridgehead atoms. The molecular weight excluding hydrogens is 392 g/mol. The maximum Gasteiger partial charge on any atom is 0.335 e. The van der Waals surface area contributed by atoms with Crippen LogP contribution in [-0.2, 0) is 4.79 Å². The fourth-order valence-electron chi connectivity index (χ4n) is 3.00. The van der Waals surface area contributed by atoms with Crippen molar-refractivity contribution in [3.63, 3.8) is 0 Å². The summed E-state index contributed by atoms with van der Waals surface area (Å²) in [6, 6.07) is 16.9. The quantitative estimate of drug-likeness (QED) is 0.610. The number of amides is 1. The molecule has 1 N–H and O–H groups in total. The molecule has 1 amide bonds. The fourth-order valence-corrected chi connectivity index (χ4v) is 3.19. The molecule has 2 aromatic carbocycles. The molecule has 0 saturated carbocycles. The standard InChI is InChI=1S/C22H15ClN2O4/c1-13-19(12-18-8-9-20(29-18)14-4-2-6-16(23)10-14)21(26)25(24-13)17-7-3-5-15(11-17)22(27)28/h2-12H,1H3,(H,27,28)/b19-12+. The van der Waals surface area contributed by atoms with Crippen molar-refractivity contribution in [2.45, 2.75) is 6.92 Å². The molecule has 144 valence electrons. The van der Waals surface area contributed by atoms with E-state index >= 15 is 0 Å². The van der Waals surface area contributed by atoms with Gasteiger partial charge >= 0.3 is 5.97 Å². The van der Waals surface area contributed by atoms with Crippen LogP contribution < -0.4 is 5.01 Å². The van der Waals surface area contributed by atoms with E-state index in [1.807, 2.05) is 12.1 Å². The zero-order valence-corrected chi connectivity index (χ0v) is 16.1. The van der Waals surface area contributed by atoms with Crippen LogP contribution in [0.2, 0.25) is 5.02 Å². The van der Waals surface area contributed by atoms with E-state index in [-0.39, 0.29) is 11.5 Å². The summed E-state index contributed by atoms with van der Waals surface area (Å²) in [5, 5.41) is 15.2. The van der Waals surface area contributed by atoms with E-state index < -0.39 is 5.97 Å². The number of hydrogen-bond donors (Lipinski definition) is 1. The Labute approximate surface area is 171 Å². The molecule has 0 spiro atoms. The Hall–Kier alpha value is -3.64. The van der Waals surface area contributed by atoms with Crippen molar-refractivity contribution in [2.24, 2.45) is 5.10 Å². The average molecular weight is 407 g/mol. The van der Waals surface area contributed by atoms with E-state index in [1.165, 1.54) is 17.1 Å². The number of nitrogens with zero attached hydrogens (tertiary/aromatic N) is 2. The molecule has 6 nitrogen and oxygen atoms in total. The van der Waals surface area contributed by atoms with E-state index in [4.69, 9.17) is 21.1 Å². The second kappa shape index (κ2) is 7.41. The maximum absolute atomic E-state index is 12.9. The highest BCUT2D eigenvalue weighted by Gasteiger charge is 2.29. The lowest BCUT2D eigenvalue weighted by Gasteiger charge is -2.12. The molecule has 7 heteroatoms. The zero-order chi connectivity index (χ0) is 20.5. The minimum absolute atomic E-state index is 0.0813. The van der Waals surface area contributed by atoms with Gasteiger partial charge in [0.25, 0.3) is 5.91 Å². The largest absolute Gasteiger partial charge is 0.478 e. The third-order valence-electron chi connectivity index (χ3n) is 4.42. The first kappa shape index (κ1) is 18.7. The number of halogens is 1. The summed E-state index contributed by atoms with van der Waals surface area (Å²) in [6.07, 6.45) is 1.62. The van der Waals surface area contributed by atoms with Gasteiger partial charge in [0.05, 0.1) is 22.5 Å². The van der Waals surface area contributed by atoms with E-state index in [2.05, 4.69) is 5.10 Å². The van der Waals surface area contributed by atoms with Gasteiger partial charge in [-0.3, -0.25) is 4.79 Å². The molecule has 1 aromatic heterocycles. The van der Waals surface area contributed by atoms with Gasteiger partial charge in [-0.15, -0.1) is 0 Å². The molecule has 0 radical (unpaired) electrons. The predicted molar refractivity (Wildman–Crippen MR) is 111 cm³/mol. The molecule has 0 unspecified atom stereocenters. The lowest BCUT2D eigenvalue weighted by molar-refractivity contribution is -0.114. The second-order valence-corrected chi connectivity index (χ2v) is 6.86. The van der Waals surface area contributed by atoms with E-state index in [0.29, 0.717) is 33.5 Å². The number of carbonyl (C=O) groups excluding carboxylic acids is 1. The predicted octanol–water partition coefficient (Wildman–Crippen LogP) is 5.10. The fraction of sp³-hybridized carbons (Fsp3) is 0.0455. The summed E-state index contributed by atoms with van der Waals surface area (Å²) in [4.78, 5) is 24.0. The van der Waals surface area contributed by atoms with Gasteiger partial charge in [0, 0.05) is 10.6 Å². The van der Waals surface area contributed by atoms with Crippen LogP contribution in [0.5, 0.6) is 0 Å². The molecule has 3 aromatic rings. The van der Waals surface area contributed by atoms with E-state index in [9.17, 15) is 9.59 Å². The van der Waals surface area contributed by atoms with Crippen LogP contribution in [0.3, 0.4) is 0 Å². The normalized spacial score (nSPS) is 15.1. The van der Waals surface area contributed by atoms with Crippen LogP contribution in [0.25, 0.3) is 17.4 Å². The molecule has 1 aliphatic heterocycles. The Balaban J connectivity index is 1.63. The molecule has 0 aliphatic carbocycles. The van der Waals surface area contributed by atoms with Gasteiger partial charge in [-0.25, -0.2) is 4.79 Å². The van der Waals surface area contributed by atoms with E-state index in [0.717, 1.165) is 5.56 Å². The Kier molecular flexibility index (Phi) is 4.78. The second-order valence-electron chi connectivity index (χ2n) is 6.43. The van der Waals surface area contributed by atoms with Crippen LogP contribution in [0.1, 0.15) is 23.0 Å². The minimum atomic E-state index is -1.07. The van der Waals surface area contributed by atoms with Crippen LogP contribution in [0.15, 0.2) is 75.8 Å². The Bertz CT molecular complexity index is 1190. The van der Waals surface area contributed by atoms with Gasteiger partial charge in [-0.05, 0) is 55.5 Å². The molecule has 1 aliphatic rings.